The monoisotopic (exact) mass is 381 g/mol. The predicted molar refractivity (Wildman–Crippen MR) is 103 cm³/mol. The number of hydrogen-bond donors (Lipinski definition) is 0. The molecule has 2 aliphatic rings. The van der Waals surface area contributed by atoms with Crippen molar-refractivity contribution in [1.82, 2.24) is 19.4 Å². The van der Waals surface area contributed by atoms with Crippen LogP contribution >= 0.6 is 11.5 Å². The van der Waals surface area contributed by atoms with Gasteiger partial charge in [-0.1, -0.05) is 16.6 Å². The number of benzene rings is 1. The Morgan fingerprint density at radius 2 is 1.78 bits per heavy atom. The van der Waals surface area contributed by atoms with Gasteiger partial charge in [-0.3, -0.25) is 9.69 Å². The molecule has 1 spiro atoms. The van der Waals surface area contributed by atoms with Crippen LogP contribution in [-0.4, -0.2) is 51.5 Å². The second kappa shape index (κ2) is 7.75. The minimum atomic E-state index is 0.0249. The van der Waals surface area contributed by atoms with Gasteiger partial charge in [0, 0.05) is 25.0 Å². The molecule has 2 saturated heterocycles. The van der Waals surface area contributed by atoms with Crippen LogP contribution in [0.5, 0.6) is 0 Å². The lowest BCUT2D eigenvalue weighted by molar-refractivity contribution is 0.0282. The zero-order valence-electron chi connectivity index (χ0n) is 15.3. The van der Waals surface area contributed by atoms with Crippen LogP contribution in [0.3, 0.4) is 0 Å². The number of carbonyl (C=O) groups is 1. The molecule has 0 radical (unpaired) electrons. The minimum Gasteiger partial charge on any atom is -0.337 e. The van der Waals surface area contributed by atoms with Crippen LogP contribution in [-0.2, 0) is 6.54 Å². The fourth-order valence-corrected chi connectivity index (χ4v) is 4.66. The molecule has 140 valence electrons. The average molecular weight is 382 g/mol. The molecule has 1 aromatic carbocycles. The molecule has 2 fully saturated rings. The van der Waals surface area contributed by atoms with Crippen LogP contribution in [0.4, 0.5) is 0 Å². The van der Waals surface area contributed by atoms with Crippen molar-refractivity contribution in [2.45, 2.75) is 32.2 Å². The standard InChI is InChI=1S/C20H23N5OS/c21-13-16-1-3-17(4-2-16)14-24-9-5-20(6-10-24)7-11-25(12-8-20)19(26)18-15-27-23-22-18/h1-4,15H,5-12,14H2. The van der Waals surface area contributed by atoms with Gasteiger partial charge < -0.3 is 4.90 Å². The summed E-state index contributed by atoms with van der Waals surface area (Å²) < 4.78 is 3.80. The first-order valence-electron chi connectivity index (χ1n) is 9.45. The van der Waals surface area contributed by atoms with E-state index in [4.69, 9.17) is 5.26 Å². The topological polar surface area (TPSA) is 73.1 Å². The van der Waals surface area contributed by atoms with E-state index in [0.717, 1.165) is 45.6 Å². The number of nitrogens with zero attached hydrogens (tertiary/aromatic N) is 5. The normalized spacial score (nSPS) is 19.7. The van der Waals surface area contributed by atoms with Crippen molar-refractivity contribution in [2.24, 2.45) is 5.41 Å². The van der Waals surface area contributed by atoms with E-state index in [2.05, 4.69) is 32.7 Å². The van der Waals surface area contributed by atoms with Crippen molar-refractivity contribution in [3.63, 3.8) is 0 Å². The van der Waals surface area contributed by atoms with E-state index in [1.165, 1.54) is 29.9 Å². The number of carbonyl (C=O) groups excluding carboxylic acids is 1. The fraction of sp³-hybridized carbons (Fsp3) is 0.500. The van der Waals surface area contributed by atoms with E-state index in [9.17, 15) is 4.79 Å². The Kier molecular flexibility index (Phi) is 5.19. The summed E-state index contributed by atoms with van der Waals surface area (Å²) in [6.45, 7) is 4.80. The predicted octanol–water partition coefficient (Wildman–Crippen LogP) is 2.93. The highest BCUT2D eigenvalue weighted by Crippen LogP contribution is 2.41. The van der Waals surface area contributed by atoms with Gasteiger partial charge in [0.2, 0.25) is 0 Å². The molecular weight excluding hydrogens is 358 g/mol. The van der Waals surface area contributed by atoms with Crippen molar-refractivity contribution >= 4 is 17.4 Å². The minimum absolute atomic E-state index is 0.0249. The molecule has 0 atom stereocenters. The van der Waals surface area contributed by atoms with Gasteiger partial charge in [0.1, 0.15) is 0 Å². The molecule has 7 heteroatoms. The largest absolute Gasteiger partial charge is 0.337 e. The molecule has 2 aromatic rings. The summed E-state index contributed by atoms with van der Waals surface area (Å²) in [5.41, 5.74) is 2.85. The Morgan fingerprint density at radius 3 is 2.37 bits per heavy atom. The zero-order valence-corrected chi connectivity index (χ0v) is 16.1. The molecule has 0 aliphatic carbocycles. The smallest absolute Gasteiger partial charge is 0.275 e. The maximum Gasteiger partial charge on any atom is 0.275 e. The molecule has 1 aromatic heterocycles. The Hall–Kier alpha value is -2.30. The Balaban J connectivity index is 1.28. The zero-order chi connectivity index (χ0) is 18.7. The van der Waals surface area contributed by atoms with Crippen molar-refractivity contribution in [2.75, 3.05) is 26.2 Å². The van der Waals surface area contributed by atoms with E-state index in [1.54, 1.807) is 5.38 Å². The van der Waals surface area contributed by atoms with Crippen molar-refractivity contribution < 1.29 is 4.79 Å². The van der Waals surface area contributed by atoms with E-state index in [1.807, 2.05) is 17.0 Å². The SMILES string of the molecule is N#Cc1ccc(CN2CCC3(CC2)CCN(C(=O)c2csnn2)CC3)cc1. The first kappa shape index (κ1) is 18.1. The summed E-state index contributed by atoms with van der Waals surface area (Å²) in [4.78, 5) is 16.9. The molecule has 0 N–H and O–H groups in total. The molecule has 0 bridgehead atoms. The maximum atomic E-state index is 12.4. The molecule has 3 heterocycles. The van der Waals surface area contributed by atoms with Crippen LogP contribution < -0.4 is 0 Å². The first-order valence-corrected chi connectivity index (χ1v) is 10.3. The molecular formula is C20H23N5OS. The molecule has 0 saturated carbocycles. The summed E-state index contributed by atoms with van der Waals surface area (Å²) in [7, 11) is 0. The van der Waals surface area contributed by atoms with E-state index in [-0.39, 0.29) is 5.91 Å². The van der Waals surface area contributed by atoms with E-state index in [0.29, 0.717) is 16.7 Å². The Labute approximate surface area is 163 Å². The van der Waals surface area contributed by atoms with Crippen molar-refractivity contribution in [1.29, 1.82) is 5.26 Å². The Morgan fingerprint density at radius 1 is 1.11 bits per heavy atom. The van der Waals surface area contributed by atoms with Gasteiger partial charge in [-0.15, -0.1) is 5.10 Å². The summed E-state index contributed by atoms with van der Waals surface area (Å²) in [5, 5.41) is 14.5. The highest BCUT2D eigenvalue weighted by Gasteiger charge is 2.38. The van der Waals surface area contributed by atoms with E-state index < -0.39 is 0 Å². The molecule has 2 aliphatic heterocycles. The Bertz CT molecular complexity index is 809. The summed E-state index contributed by atoms with van der Waals surface area (Å²) >= 11 is 1.23. The van der Waals surface area contributed by atoms with Crippen LogP contribution in [0, 0.1) is 16.7 Å². The number of hydrogen-bond acceptors (Lipinski definition) is 6. The third-order valence-electron chi connectivity index (χ3n) is 6.10. The van der Waals surface area contributed by atoms with Gasteiger partial charge in [0.05, 0.1) is 11.6 Å². The van der Waals surface area contributed by atoms with Crippen LogP contribution in [0.15, 0.2) is 29.6 Å². The molecule has 1 amide bonds. The molecule has 0 unspecified atom stereocenters. The summed E-state index contributed by atoms with van der Waals surface area (Å²) in [6, 6.07) is 10.1. The lowest BCUT2D eigenvalue weighted by Crippen LogP contribution is -2.48. The third kappa shape index (κ3) is 4.02. The first-order chi connectivity index (χ1) is 13.2. The number of rotatable bonds is 3. The number of aromatic nitrogens is 2. The quantitative estimate of drug-likeness (QED) is 0.817. The lowest BCUT2D eigenvalue weighted by Gasteiger charge is -2.46. The lowest BCUT2D eigenvalue weighted by atomic mass is 9.71. The van der Waals surface area contributed by atoms with Gasteiger partial charge in [-0.2, -0.15) is 5.26 Å². The number of likely N-dealkylation sites (tertiary alicyclic amines) is 2. The fourth-order valence-electron chi connectivity index (χ4n) is 4.23. The molecule has 4 rings (SSSR count). The highest BCUT2D eigenvalue weighted by atomic mass is 32.1. The highest BCUT2D eigenvalue weighted by molar-refractivity contribution is 7.03. The third-order valence-corrected chi connectivity index (χ3v) is 6.60. The van der Waals surface area contributed by atoms with Crippen LogP contribution in [0.25, 0.3) is 0 Å². The van der Waals surface area contributed by atoms with Crippen LogP contribution in [0.1, 0.15) is 47.3 Å². The summed E-state index contributed by atoms with van der Waals surface area (Å²) in [6.07, 6.45) is 4.56. The molecule has 6 nitrogen and oxygen atoms in total. The van der Waals surface area contributed by atoms with Gasteiger partial charge in [0.15, 0.2) is 5.69 Å². The van der Waals surface area contributed by atoms with Crippen molar-refractivity contribution in [3.05, 3.63) is 46.5 Å². The average Bonchev–Trinajstić information content (AvgIpc) is 3.25. The molecule has 27 heavy (non-hydrogen) atoms. The van der Waals surface area contributed by atoms with Crippen molar-refractivity contribution in [3.8, 4) is 6.07 Å². The maximum absolute atomic E-state index is 12.4. The van der Waals surface area contributed by atoms with Gasteiger partial charge in [-0.25, -0.2) is 0 Å². The summed E-state index contributed by atoms with van der Waals surface area (Å²) in [5.74, 6) is 0.0249. The van der Waals surface area contributed by atoms with E-state index >= 15 is 0 Å². The second-order valence-corrected chi connectivity index (χ2v) is 8.28. The van der Waals surface area contributed by atoms with Gasteiger partial charge in [0.25, 0.3) is 5.91 Å². The van der Waals surface area contributed by atoms with Gasteiger partial charge in [-0.05, 0) is 73.4 Å². The number of amides is 1. The van der Waals surface area contributed by atoms with Crippen LogP contribution in [0.2, 0.25) is 0 Å². The number of nitriles is 1. The number of piperidine rings is 2. The van der Waals surface area contributed by atoms with Gasteiger partial charge >= 0.3 is 0 Å². The second-order valence-electron chi connectivity index (χ2n) is 7.67.